The van der Waals surface area contributed by atoms with Gasteiger partial charge in [-0.05, 0) is 36.5 Å². The number of ether oxygens (including phenoxy) is 1. The molecule has 0 atom stereocenters. The first kappa shape index (κ1) is 16.2. The van der Waals surface area contributed by atoms with Crippen LogP contribution in [-0.4, -0.2) is 12.2 Å². The van der Waals surface area contributed by atoms with Crippen molar-refractivity contribution in [1.82, 2.24) is 0 Å². The van der Waals surface area contributed by atoms with Gasteiger partial charge in [0.15, 0.2) is 5.11 Å². The van der Waals surface area contributed by atoms with Crippen molar-refractivity contribution >= 4 is 63.5 Å². The van der Waals surface area contributed by atoms with E-state index in [-0.39, 0.29) is 0 Å². The molecule has 0 radical (unpaired) electrons. The molecule has 110 valence electrons. The zero-order valence-electron chi connectivity index (χ0n) is 10.9. The van der Waals surface area contributed by atoms with Crippen molar-refractivity contribution in [2.24, 2.45) is 0 Å². The predicted molar refractivity (Wildman–Crippen MR) is 94.3 cm³/mol. The number of methoxy groups -OCH3 is 1. The first-order valence-electron chi connectivity index (χ1n) is 5.86. The molecule has 0 aliphatic heterocycles. The average Bonchev–Trinajstić information content (AvgIpc) is 2.45. The normalized spacial score (nSPS) is 10.1. The van der Waals surface area contributed by atoms with Gasteiger partial charge in [0.1, 0.15) is 5.75 Å². The molecule has 0 aliphatic carbocycles. The van der Waals surface area contributed by atoms with E-state index in [0.717, 1.165) is 11.4 Å². The lowest BCUT2D eigenvalue weighted by molar-refractivity contribution is 0.415. The third-order valence-electron chi connectivity index (χ3n) is 2.59. The van der Waals surface area contributed by atoms with Crippen LogP contribution in [0.25, 0.3) is 0 Å². The summed E-state index contributed by atoms with van der Waals surface area (Å²) < 4.78 is 5.15. The van der Waals surface area contributed by atoms with Crippen molar-refractivity contribution < 1.29 is 4.74 Å². The number of hydrogen-bond acceptors (Lipinski definition) is 2. The lowest BCUT2D eigenvalue weighted by Gasteiger charge is -2.13. The summed E-state index contributed by atoms with van der Waals surface area (Å²) in [6.07, 6.45) is 0. The molecule has 0 unspecified atom stereocenters. The molecule has 0 bridgehead atoms. The van der Waals surface area contributed by atoms with E-state index in [9.17, 15) is 0 Å². The third-order valence-corrected chi connectivity index (χ3v) is 3.82. The average molecular weight is 362 g/mol. The first-order chi connectivity index (χ1) is 9.99. The highest BCUT2D eigenvalue weighted by Crippen LogP contribution is 2.32. The fraction of sp³-hybridized carbons (Fsp3) is 0.0714. The Kier molecular flexibility index (Phi) is 5.53. The highest BCUT2D eigenvalue weighted by molar-refractivity contribution is 7.80. The minimum atomic E-state index is 0.378. The molecular weight excluding hydrogens is 351 g/mol. The maximum absolute atomic E-state index is 6.08. The minimum Gasteiger partial charge on any atom is -0.497 e. The molecule has 0 amide bonds. The molecule has 0 saturated carbocycles. The number of anilines is 2. The smallest absolute Gasteiger partial charge is 0.175 e. The summed E-state index contributed by atoms with van der Waals surface area (Å²) in [4.78, 5) is 0. The van der Waals surface area contributed by atoms with Gasteiger partial charge in [-0.15, -0.1) is 0 Å². The molecule has 0 fully saturated rings. The van der Waals surface area contributed by atoms with Crippen LogP contribution >= 0.6 is 47.0 Å². The van der Waals surface area contributed by atoms with Crippen LogP contribution in [0.1, 0.15) is 0 Å². The van der Waals surface area contributed by atoms with Gasteiger partial charge in [0, 0.05) is 11.8 Å². The van der Waals surface area contributed by atoms with Crippen molar-refractivity contribution in [1.29, 1.82) is 0 Å². The van der Waals surface area contributed by atoms with Gasteiger partial charge in [0.25, 0.3) is 0 Å². The van der Waals surface area contributed by atoms with E-state index in [1.54, 1.807) is 19.2 Å². The van der Waals surface area contributed by atoms with Crippen molar-refractivity contribution in [2.75, 3.05) is 17.7 Å². The second-order valence-corrected chi connectivity index (χ2v) is 5.69. The van der Waals surface area contributed by atoms with E-state index in [1.807, 2.05) is 24.3 Å². The molecule has 2 rings (SSSR count). The molecule has 2 aromatic rings. The molecular formula is C14H11Cl3N2OS. The fourth-order valence-corrected chi connectivity index (χ4v) is 2.43. The van der Waals surface area contributed by atoms with Crippen molar-refractivity contribution in [3.63, 3.8) is 0 Å². The fourth-order valence-electron chi connectivity index (χ4n) is 1.60. The summed E-state index contributed by atoms with van der Waals surface area (Å²) in [6, 6.07) is 10.6. The number of benzene rings is 2. The Morgan fingerprint density at radius 2 is 1.71 bits per heavy atom. The van der Waals surface area contributed by atoms with Gasteiger partial charge in [-0.2, -0.15) is 0 Å². The molecule has 0 aliphatic rings. The number of thiocarbonyl (C=S) groups is 1. The number of rotatable bonds is 3. The van der Waals surface area contributed by atoms with Gasteiger partial charge in [-0.25, -0.2) is 0 Å². The highest BCUT2D eigenvalue weighted by atomic mass is 35.5. The Bertz CT molecular complexity index is 679. The van der Waals surface area contributed by atoms with E-state index >= 15 is 0 Å². The zero-order valence-corrected chi connectivity index (χ0v) is 14.0. The van der Waals surface area contributed by atoms with Gasteiger partial charge >= 0.3 is 0 Å². The number of nitrogens with one attached hydrogen (secondary N) is 2. The molecule has 0 heterocycles. The highest BCUT2D eigenvalue weighted by Gasteiger charge is 2.08. The Morgan fingerprint density at radius 1 is 1.00 bits per heavy atom. The third kappa shape index (κ3) is 4.38. The summed E-state index contributed by atoms with van der Waals surface area (Å²) >= 11 is 23.2. The van der Waals surface area contributed by atoms with Crippen LogP contribution in [0.4, 0.5) is 11.4 Å². The summed E-state index contributed by atoms with van der Waals surface area (Å²) in [7, 11) is 1.60. The quantitative estimate of drug-likeness (QED) is 0.561. The topological polar surface area (TPSA) is 33.3 Å². The van der Waals surface area contributed by atoms with Crippen LogP contribution in [0.2, 0.25) is 15.1 Å². The van der Waals surface area contributed by atoms with Gasteiger partial charge in [0.05, 0.1) is 27.9 Å². The molecule has 3 nitrogen and oxygen atoms in total. The number of hydrogen-bond donors (Lipinski definition) is 2. The van der Waals surface area contributed by atoms with E-state index in [0.29, 0.717) is 25.9 Å². The van der Waals surface area contributed by atoms with Crippen LogP contribution in [-0.2, 0) is 0 Å². The summed E-state index contributed by atoms with van der Waals surface area (Å²) in [5.74, 6) is 0.732. The lowest BCUT2D eigenvalue weighted by Crippen LogP contribution is -2.19. The summed E-state index contributed by atoms with van der Waals surface area (Å²) in [5, 5.41) is 7.59. The van der Waals surface area contributed by atoms with E-state index in [2.05, 4.69) is 10.6 Å². The Balaban J connectivity index is 2.09. The molecule has 0 aromatic heterocycles. The van der Waals surface area contributed by atoms with Crippen molar-refractivity contribution in [2.45, 2.75) is 0 Å². The van der Waals surface area contributed by atoms with E-state index < -0.39 is 0 Å². The largest absolute Gasteiger partial charge is 0.497 e. The lowest BCUT2D eigenvalue weighted by atomic mass is 10.3. The van der Waals surface area contributed by atoms with Gasteiger partial charge in [-0.3, -0.25) is 0 Å². The van der Waals surface area contributed by atoms with Crippen LogP contribution < -0.4 is 15.4 Å². The second kappa shape index (κ2) is 7.18. The molecule has 21 heavy (non-hydrogen) atoms. The Morgan fingerprint density at radius 3 is 2.43 bits per heavy atom. The molecule has 0 saturated heterocycles. The Hall–Kier alpha value is -1.20. The molecule has 0 spiro atoms. The van der Waals surface area contributed by atoms with Crippen molar-refractivity contribution in [3.8, 4) is 5.75 Å². The monoisotopic (exact) mass is 360 g/mol. The van der Waals surface area contributed by atoms with Crippen molar-refractivity contribution in [3.05, 3.63) is 51.5 Å². The van der Waals surface area contributed by atoms with Crippen LogP contribution in [0.15, 0.2) is 36.4 Å². The SMILES string of the molecule is COc1cccc(NC(=S)Nc2cc(Cl)c(Cl)cc2Cl)c1. The minimum absolute atomic E-state index is 0.378. The van der Waals surface area contributed by atoms with Crippen LogP contribution in [0.5, 0.6) is 5.75 Å². The zero-order chi connectivity index (χ0) is 15.4. The maximum atomic E-state index is 6.08. The van der Waals surface area contributed by atoms with E-state index in [1.165, 1.54) is 0 Å². The second-order valence-electron chi connectivity index (χ2n) is 4.06. The predicted octanol–water partition coefficient (Wildman–Crippen LogP) is 5.46. The van der Waals surface area contributed by atoms with Gasteiger partial charge in [0.2, 0.25) is 0 Å². The van der Waals surface area contributed by atoms with Gasteiger partial charge < -0.3 is 15.4 Å². The standard InChI is InChI=1S/C14H11Cl3N2OS/c1-20-9-4-2-3-8(5-9)18-14(21)19-13-7-11(16)10(15)6-12(13)17/h2-7H,1H3,(H2,18,19,21). The maximum Gasteiger partial charge on any atom is 0.175 e. The molecule has 2 N–H and O–H groups in total. The molecule has 7 heteroatoms. The number of halogens is 3. The molecule has 2 aromatic carbocycles. The van der Waals surface area contributed by atoms with Crippen LogP contribution in [0, 0.1) is 0 Å². The summed E-state index contributed by atoms with van der Waals surface area (Å²) in [5.41, 5.74) is 1.37. The van der Waals surface area contributed by atoms with Gasteiger partial charge in [-0.1, -0.05) is 40.9 Å². The van der Waals surface area contributed by atoms with E-state index in [4.69, 9.17) is 51.8 Å². The summed E-state index contributed by atoms with van der Waals surface area (Å²) in [6.45, 7) is 0. The van der Waals surface area contributed by atoms with Crippen LogP contribution in [0.3, 0.4) is 0 Å². The Labute approximate surface area is 143 Å². The first-order valence-corrected chi connectivity index (χ1v) is 7.40.